The fraction of sp³-hybridized carbons (Fsp3) is 0.214. The monoisotopic (exact) mass is 523 g/mol. The normalized spacial score (nSPS) is 13.2. The SMILES string of the molecule is CC(CO)NC(c1ccccc1)c1cccc(NC(=O)c2cc(C(F)(F)F)nn2-c2cccc(CN)c2)c1. The van der Waals surface area contributed by atoms with Crippen molar-refractivity contribution in [3.63, 3.8) is 0 Å². The van der Waals surface area contributed by atoms with E-state index in [0.29, 0.717) is 11.3 Å². The van der Waals surface area contributed by atoms with Crippen LogP contribution in [0.1, 0.15) is 45.8 Å². The number of halogens is 3. The van der Waals surface area contributed by atoms with E-state index in [1.165, 1.54) is 0 Å². The van der Waals surface area contributed by atoms with Gasteiger partial charge >= 0.3 is 6.18 Å². The Balaban J connectivity index is 1.68. The van der Waals surface area contributed by atoms with Gasteiger partial charge in [0.2, 0.25) is 0 Å². The van der Waals surface area contributed by atoms with Crippen molar-refractivity contribution in [1.82, 2.24) is 15.1 Å². The number of aromatic nitrogens is 2. The van der Waals surface area contributed by atoms with Crippen molar-refractivity contribution < 1.29 is 23.1 Å². The summed E-state index contributed by atoms with van der Waals surface area (Å²) in [6, 6.07) is 23.3. The van der Waals surface area contributed by atoms with E-state index < -0.39 is 17.8 Å². The van der Waals surface area contributed by atoms with Crippen LogP contribution in [0.2, 0.25) is 0 Å². The number of carbonyl (C=O) groups is 1. The first-order valence-electron chi connectivity index (χ1n) is 12.0. The van der Waals surface area contributed by atoms with Gasteiger partial charge in [0.25, 0.3) is 5.91 Å². The lowest BCUT2D eigenvalue weighted by molar-refractivity contribution is -0.141. The first-order valence-corrected chi connectivity index (χ1v) is 12.0. The topological polar surface area (TPSA) is 105 Å². The lowest BCUT2D eigenvalue weighted by atomic mass is 9.97. The molecule has 1 amide bonds. The number of nitrogens with one attached hydrogen (secondary N) is 2. The van der Waals surface area contributed by atoms with Crippen molar-refractivity contribution >= 4 is 11.6 Å². The zero-order valence-corrected chi connectivity index (χ0v) is 20.6. The second kappa shape index (κ2) is 11.6. The van der Waals surface area contributed by atoms with Crippen LogP contribution in [0, 0.1) is 0 Å². The molecule has 0 aliphatic heterocycles. The molecule has 4 rings (SSSR count). The van der Waals surface area contributed by atoms with E-state index in [2.05, 4.69) is 15.7 Å². The Morgan fingerprint density at radius 3 is 2.39 bits per heavy atom. The van der Waals surface area contributed by atoms with E-state index in [9.17, 15) is 23.1 Å². The van der Waals surface area contributed by atoms with E-state index in [-0.39, 0.29) is 36.6 Å². The summed E-state index contributed by atoms with van der Waals surface area (Å²) < 4.78 is 41.5. The van der Waals surface area contributed by atoms with Gasteiger partial charge in [-0.3, -0.25) is 4.79 Å². The van der Waals surface area contributed by atoms with Crippen molar-refractivity contribution in [2.75, 3.05) is 11.9 Å². The molecule has 0 bridgehead atoms. The number of nitrogens with two attached hydrogens (primary N) is 1. The first kappa shape index (κ1) is 27.1. The van der Waals surface area contributed by atoms with Crippen LogP contribution >= 0.6 is 0 Å². The molecule has 4 aromatic rings. The highest BCUT2D eigenvalue weighted by Gasteiger charge is 2.36. The van der Waals surface area contributed by atoms with Crippen molar-refractivity contribution in [3.8, 4) is 5.69 Å². The zero-order valence-electron chi connectivity index (χ0n) is 20.6. The Bertz CT molecular complexity index is 1390. The molecule has 2 unspecified atom stereocenters. The minimum atomic E-state index is -4.73. The third-order valence-electron chi connectivity index (χ3n) is 5.96. The van der Waals surface area contributed by atoms with E-state index in [0.717, 1.165) is 21.9 Å². The van der Waals surface area contributed by atoms with Gasteiger partial charge in [0, 0.05) is 24.3 Å². The molecule has 3 aromatic carbocycles. The van der Waals surface area contributed by atoms with Crippen molar-refractivity contribution in [2.45, 2.75) is 31.7 Å². The van der Waals surface area contributed by atoms with E-state index >= 15 is 0 Å². The predicted molar refractivity (Wildman–Crippen MR) is 139 cm³/mol. The molecule has 198 valence electrons. The molecule has 0 radical (unpaired) electrons. The second-order valence-corrected chi connectivity index (χ2v) is 8.87. The van der Waals surface area contributed by atoms with Crippen LogP contribution in [-0.2, 0) is 12.7 Å². The van der Waals surface area contributed by atoms with Crippen LogP contribution in [0.4, 0.5) is 18.9 Å². The summed E-state index contributed by atoms with van der Waals surface area (Å²) in [6.07, 6.45) is -4.73. The molecule has 1 heterocycles. The lowest BCUT2D eigenvalue weighted by Crippen LogP contribution is -2.33. The molecule has 0 spiro atoms. The zero-order chi connectivity index (χ0) is 27.3. The third kappa shape index (κ3) is 6.28. The van der Waals surface area contributed by atoms with Gasteiger partial charge in [-0.1, -0.05) is 54.6 Å². The maximum absolute atomic E-state index is 13.5. The quantitative estimate of drug-likeness (QED) is 0.255. The number of hydrogen-bond donors (Lipinski definition) is 4. The number of hydrogen-bond acceptors (Lipinski definition) is 5. The average molecular weight is 524 g/mol. The Kier molecular flexibility index (Phi) is 8.26. The van der Waals surface area contributed by atoms with E-state index in [1.54, 1.807) is 42.5 Å². The molecule has 0 saturated heterocycles. The Labute approximate surface area is 218 Å². The summed E-state index contributed by atoms with van der Waals surface area (Å²) >= 11 is 0. The molecule has 0 saturated carbocycles. The molecular formula is C28H28F3N5O2. The Morgan fingerprint density at radius 1 is 1.00 bits per heavy atom. The van der Waals surface area contributed by atoms with Crippen LogP contribution in [0.25, 0.3) is 5.69 Å². The highest BCUT2D eigenvalue weighted by Crippen LogP contribution is 2.30. The molecule has 1 aromatic heterocycles. The standard InChI is InChI=1S/C28H28F3N5O2/c1-18(17-37)33-26(20-8-3-2-4-9-20)21-10-6-11-22(14-21)34-27(38)24-15-25(28(29,30)31)35-36(24)23-12-5-7-19(13-23)16-32/h2-15,18,26,33,37H,16-17,32H2,1H3,(H,34,38). The van der Waals surface area contributed by atoms with Gasteiger partial charge in [0.15, 0.2) is 5.69 Å². The van der Waals surface area contributed by atoms with Gasteiger partial charge in [-0.15, -0.1) is 0 Å². The van der Waals surface area contributed by atoms with Crippen LogP contribution in [0.15, 0.2) is 84.9 Å². The summed E-state index contributed by atoms with van der Waals surface area (Å²) in [4.78, 5) is 13.3. The molecule has 2 atom stereocenters. The van der Waals surface area contributed by atoms with Crippen LogP contribution in [0.3, 0.4) is 0 Å². The van der Waals surface area contributed by atoms with Gasteiger partial charge < -0.3 is 21.5 Å². The number of carbonyl (C=O) groups excluding carboxylic acids is 1. The number of anilines is 1. The van der Waals surface area contributed by atoms with Crippen molar-refractivity contribution in [3.05, 3.63) is 113 Å². The van der Waals surface area contributed by atoms with Crippen LogP contribution < -0.4 is 16.4 Å². The maximum atomic E-state index is 13.5. The Hall–Kier alpha value is -3.99. The smallest absolute Gasteiger partial charge is 0.395 e. The number of benzene rings is 3. The molecular weight excluding hydrogens is 495 g/mol. The summed E-state index contributed by atoms with van der Waals surface area (Å²) in [5.74, 6) is -0.753. The van der Waals surface area contributed by atoms with Gasteiger partial charge in [0.05, 0.1) is 18.3 Å². The highest BCUT2D eigenvalue weighted by molar-refractivity contribution is 6.03. The molecule has 5 N–H and O–H groups in total. The van der Waals surface area contributed by atoms with Crippen LogP contribution in [-0.4, -0.2) is 33.4 Å². The van der Waals surface area contributed by atoms with Gasteiger partial charge in [-0.2, -0.15) is 18.3 Å². The fourth-order valence-electron chi connectivity index (χ4n) is 4.05. The minimum Gasteiger partial charge on any atom is -0.395 e. The van der Waals surface area contributed by atoms with Gasteiger partial charge in [-0.25, -0.2) is 4.68 Å². The third-order valence-corrected chi connectivity index (χ3v) is 5.96. The Morgan fingerprint density at radius 2 is 1.71 bits per heavy atom. The number of amides is 1. The first-order chi connectivity index (χ1) is 18.2. The number of alkyl halides is 3. The van der Waals surface area contributed by atoms with Crippen molar-refractivity contribution in [2.24, 2.45) is 5.73 Å². The second-order valence-electron chi connectivity index (χ2n) is 8.87. The maximum Gasteiger partial charge on any atom is 0.435 e. The minimum absolute atomic E-state index is 0.0728. The molecule has 10 heteroatoms. The van der Waals surface area contributed by atoms with Crippen molar-refractivity contribution in [1.29, 1.82) is 0 Å². The summed E-state index contributed by atoms with van der Waals surface area (Å²) in [6.45, 7) is 1.96. The molecule has 7 nitrogen and oxygen atoms in total. The highest BCUT2D eigenvalue weighted by atomic mass is 19.4. The fourth-order valence-corrected chi connectivity index (χ4v) is 4.05. The van der Waals surface area contributed by atoms with Gasteiger partial charge in [0.1, 0.15) is 5.69 Å². The summed E-state index contributed by atoms with van der Waals surface area (Å²) in [7, 11) is 0. The molecule has 0 aliphatic rings. The number of aliphatic hydroxyl groups excluding tert-OH is 1. The number of rotatable bonds is 9. The van der Waals surface area contributed by atoms with Crippen LogP contribution in [0.5, 0.6) is 0 Å². The number of aliphatic hydroxyl groups is 1. The average Bonchev–Trinajstić information content (AvgIpc) is 3.39. The summed E-state index contributed by atoms with van der Waals surface area (Å²) in [5.41, 5.74) is 7.34. The number of nitrogens with zero attached hydrogens (tertiary/aromatic N) is 2. The largest absolute Gasteiger partial charge is 0.435 e. The van der Waals surface area contributed by atoms with Gasteiger partial charge in [-0.05, 0) is 47.9 Å². The van der Waals surface area contributed by atoms with E-state index in [1.807, 2.05) is 43.3 Å². The summed E-state index contributed by atoms with van der Waals surface area (Å²) in [5, 5.41) is 19.3. The molecule has 0 fully saturated rings. The predicted octanol–water partition coefficient (Wildman–Crippen LogP) is 4.66. The lowest BCUT2D eigenvalue weighted by Gasteiger charge is -2.24. The van der Waals surface area contributed by atoms with E-state index in [4.69, 9.17) is 5.73 Å². The molecule has 0 aliphatic carbocycles. The molecule has 38 heavy (non-hydrogen) atoms.